The van der Waals surface area contributed by atoms with E-state index in [0.717, 1.165) is 37.9 Å². The molecule has 0 bridgehead atoms. The molecule has 2 aromatic carbocycles. The fraction of sp³-hybridized carbons (Fsp3) is 0.227. The molecule has 2 aromatic rings. The molecule has 2 amide bonds. The third kappa shape index (κ3) is 5.89. The van der Waals surface area contributed by atoms with Gasteiger partial charge in [-0.3, -0.25) is 14.9 Å². The molecule has 0 saturated carbocycles. The molecule has 0 unspecified atom stereocenters. The molecule has 1 aliphatic heterocycles. The van der Waals surface area contributed by atoms with Gasteiger partial charge in [-0.1, -0.05) is 41.9 Å². The van der Waals surface area contributed by atoms with Gasteiger partial charge in [0, 0.05) is 24.2 Å². The van der Waals surface area contributed by atoms with Crippen LogP contribution in [0.15, 0.2) is 54.6 Å². The molecule has 0 aromatic heterocycles. The van der Waals surface area contributed by atoms with Crippen molar-refractivity contribution in [2.45, 2.75) is 19.3 Å². The quantitative estimate of drug-likeness (QED) is 0.557. The number of rotatable bonds is 4. The van der Waals surface area contributed by atoms with Crippen molar-refractivity contribution < 1.29 is 9.59 Å². The molecule has 1 aliphatic rings. The summed E-state index contributed by atoms with van der Waals surface area (Å²) in [5.41, 5.74) is 1.85. The molecule has 1 fully saturated rings. The molecule has 150 valence electrons. The highest BCUT2D eigenvalue weighted by molar-refractivity contribution is 7.80. The number of thiocarbonyl (C=S) groups is 1. The Morgan fingerprint density at radius 3 is 2.45 bits per heavy atom. The van der Waals surface area contributed by atoms with Crippen LogP contribution in [0.5, 0.6) is 0 Å². The Labute approximate surface area is 180 Å². The van der Waals surface area contributed by atoms with E-state index in [0.29, 0.717) is 16.3 Å². The molecule has 0 aliphatic carbocycles. The van der Waals surface area contributed by atoms with Crippen molar-refractivity contribution in [2.24, 2.45) is 0 Å². The number of carbonyl (C=O) groups is 2. The van der Waals surface area contributed by atoms with Crippen LogP contribution in [-0.2, 0) is 4.79 Å². The van der Waals surface area contributed by atoms with Gasteiger partial charge >= 0.3 is 0 Å². The lowest BCUT2D eigenvalue weighted by molar-refractivity contribution is -0.115. The number of likely N-dealkylation sites (tertiary alicyclic amines) is 1. The minimum absolute atomic E-state index is 0.0273. The summed E-state index contributed by atoms with van der Waals surface area (Å²) in [5.74, 6) is -0.414. The molecular weight excluding hydrogens is 406 g/mol. The Bertz CT molecular complexity index is 939. The second-order valence-corrected chi connectivity index (χ2v) is 7.51. The molecule has 5 nitrogen and oxygen atoms in total. The zero-order valence-electron chi connectivity index (χ0n) is 15.9. The summed E-state index contributed by atoms with van der Waals surface area (Å²) in [4.78, 5) is 26.9. The second-order valence-electron chi connectivity index (χ2n) is 6.70. The maximum atomic E-state index is 12.8. The molecule has 0 atom stereocenters. The van der Waals surface area contributed by atoms with E-state index in [2.05, 4.69) is 10.6 Å². The number of para-hydroxylation sites is 1. The van der Waals surface area contributed by atoms with Crippen LogP contribution in [0.2, 0.25) is 5.02 Å². The van der Waals surface area contributed by atoms with Crippen LogP contribution < -0.4 is 10.6 Å². The highest BCUT2D eigenvalue weighted by Gasteiger charge is 2.20. The van der Waals surface area contributed by atoms with Gasteiger partial charge in [0.2, 0.25) is 5.91 Å². The third-order valence-corrected chi connectivity index (χ3v) is 5.15. The lowest BCUT2D eigenvalue weighted by Crippen LogP contribution is -2.37. The lowest BCUT2D eigenvalue weighted by Gasteiger charge is -2.27. The van der Waals surface area contributed by atoms with Crippen molar-refractivity contribution in [2.75, 3.05) is 18.4 Å². The van der Waals surface area contributed by atoms with Crippen molar-refractivity contribution in [3.05, 3.63) is 70.8 Å². The smallest absolute Gasteiger partial charge is 0.255 e. The Hall–Kier alpha value is -2.70. The SMILES string of the molecule is O=C(C=Cc1ccccc1Cl)NC(=S)Nc1ccccc1C(=O)N1CCCCC1. The number of hydrogen-bond acceptors (Lipinski definition) is 3. The van der Waals surface area contributed by atoms with E-state index in [4.69, 9.17) is 23.8 Å². The van der Waals surface area contributed by atoms with E-state index in [1.807, 2.05) is 35.2 Å². The normalized spacial score (nSPS) is 13.9. The molecular formula is C22H22ClN3O2S. The van der Waals surface area contributed by atoms with Crippen molar-refractivity contribution in [1.82, 2.24) is 10.2 Å². The molecule has 0 spiro atoms. The number of hydrogen-bond donors (Lipinski definition) is 2. The van der Waals surface area contributed by atoms with E-state index < -0.39 is 0 Å². The van der Waals surface area contributed by atoms with Crippen molar-refractivity contribution in [3.8, 4) is 0 Å². The molecule has 0 radical (unpaired) electrons. The zero-order valence-corrected chi connectivity index (χ0v) is 17.4. The molecule has 1 heterocycles. The molecule has 3 rings (SSSR count). The fourth-order valence-electron chi connectivity index (χ4n) is 3.13. The van der Waals surface area contributed by atoms with Gasteiger partial charge in [-0.05, 0) is 61.3 Å². The van der Waals surface area contributed by atoms with Gasteiger partial charge in [-0.2, -0.15) is 0 Å². The Kier molecular flexibility index (Phi) is 7.38. The number of nitrogens with zero attached hydrogens (tertiary/aromatic N) is 1. The van der Waals surface area contributed by atoms with Crippen molar-refractivity contribution >= 4 is 52.5 Å². The first kappa shape index (κ1) is 21.0. The van der Waals surface area contributed by atoms with Crippen LogP contribution in [0, 0.1) is 0 Å². The predicted octanol–water partition coefficient (Wildman–Crippen LogP) is 4.49. The summed E-state index contributed by atoms with van der Waals surface area (Å²) in [6, 6.07) is 14.4. The minimum atomic E-state index is -0.387. The first-order valence-electron chi connectivity index (χ1n) is 9.47. The third-order valence-electron chi connectivity index (χ3n) is 4.61. The Morgan fingerprint density at radius 1 is 1.00 bits per heavy atom. The van der Waals surface area contributed by atoms with Gasteiger partial charge in [-0.25, -0.2) is 0 Å². The second kappa shape index (κ2) is 10.2. The van der Waals surface area contributed by atoms with Gasteiger partial charge in [0.1, 0.15) is 0 Å². The summed E-state index contributed by atoms with van der Waals surface area (Å²) in [5, 5.41) is 6.23. The first-order chi connectivity index (χ1) is 14.0. The molecule has 1 saturated heterocycles. The van der Waals surface area contributed by atoms with E-state index in [-0.39, 0.29) is 16.9 Å². The van der Waals surface area contributed by atoms with Gasteiger partial charge in [0.05, 0.1) is 11.3 Å². The van der Waals surface area contributed by atoms with Crippen molar-refractivity contribution in [1.29, 1.82) is 0 Å². The molecule has 29 heavy (non-hydrogen) atoms. The summed E-state index contributed by atoms with van der Waals surface area (Å²) < 4.78 is 0. The summed E-state index contributed by atoms with van der Waals surface area (Å²) >= 11 is 11.3. The maximum absolute atomic E-state index is 12.8. The monoisotopic (exact) mass is 427 g/mol. The number of nitrogens with one attached hydrogen (secondary N) is 2. The molecule has 2 N–H and O–H groups in total. The number of halogens is 1. The standard InChI is InChI=1S/C22H22ClN3O2S/c23-18-10-4-2-8-16(18)12-13-20(27)25-22(29)24-19-11-5-3-9-17(19)21(28)26-14-6-1-7-15-26/h2-5,8-13H,1,6-7,14-15H2,(H2,24,25,27,29). The zero-order chi connectivity index (χ0) is 20.6. The van der Waals surface area contributed by atoms with E-state index in [9.17, 15) is 9.59 Å². The summed E-state index contributed by atoms with van der Waals surface area (Å²) in [6.45, 7) is 1.53. The fourth-order valence-corrected chi connectivity index (χ4v) is 3.54. The highest BCUT2D eigenvalue weighted by Crippen LogP contribution is 2.20. The number of carbonyl (C=O) groups excluding carboxylic acids is 2. The van der Waals surface area contributed by atoms with Crippen LogP contribution >= 0.6 is 23.8 Å². The number of piperidine rings is 1. The minimum Gasteiger partial charge on any atom is -0.339 e. The van der Waals surface area contributed by atoms with E-state index in [1.54, 1.807) is 24.3 Å². The number of benzene rings is 2. The first-order valence-corrected chi connectivity index (χ1v) is 10.3. The van der Waals surface area contributed by atoms with E-state index >= 15 is 0 Å². The van der Waals surface area contributed by atoms with Gasteiger partial charge in [0.25, 0.3) is 5.91 Å². The van der Waals surface area contributed by atoms with Crippen LogP contribution in [0.4, 0.5) is 5.69 Å². The van der Waals surface area contributed by atoms with Crippen LogP contribution in [-0.4, -0.2) is 34.9 Å². The average Bonchev–Trinajstić information content (AvgIpc) is 2.73. The topological polar surface area (TPSA) is 61.4 Å². The molecule has 7 heteroatoms. The van der Waals surface area contributed by atoms with Crippen LogP contribution in [0.25, 0.3) is 6.08 Å². The summed E-state index contributed by atoms with van der Waals surface area (Å²) in [7, 11) is 0. The van der Waals surface area contributed by atoms with Crippen LogP contribution in [0.3, 0.4) is 0 Å². The Balaban J connectivity index is 1.62. The Morgan fingerprint density at radius 2 is 1.69 bits per heavy atom. The van der Waals surface area contributed by atoms with Crippen molar-refractivity contribution in [3.63, 3.8) is 0 Å². The van der Waals surface area contributed by atoms with Gasteiger partial charge in [-0.15, -0.1) is 0 Å². The highest BCUT2D eigenvalue weighted by atomic mass is 35.5. The average molecular weight is 428 g/mol. The van der Waals surface area contributed by atoms with Gasteiger partial charge in [0.15, 0.2) is 5.11 Å². The van der Waals surface area contributed by atoms with E-state index in [1.165, 1.54) is 6.08 Å². The largest absolute Gasteiger partial charge is 0.339 e. The van der Waals surface area contributed by atoms with Gasteiger partial charge < -0.3 is 10.2 Å². The van der Waals surface area contributed by atoms with Crippen LogP contribution in [0.1, 0.15) is 35.2 Å². The summed E-state index contributed by atoms with van der Waals surface area (Å²) in [6.07, 6.45) is 6.18. The number of amides is 2. The number of anilines is 1. The maximum Gasteiger partial charge on any atom is 0.255 e. The predicted molar refractivity (Wildman–Crippen MR) is 121 cm³/mol. The lowest BCUT2D eigenvalue weighted by atomic mass is 10.1.